The molecule has 8 heteroatoms. The van der Waals surface area contributed by atoms with Crippen LogP contribution in [0.15, 0.2) is 44.3 Å². The number of pyridine rings is 1. The molecule has 3 rings (SSSR count). The van der Waals surface area contributed by atoms with E-state index in [4.69, 9.17) is 4.42 Å². The molecule has 0 aliphatic carbocycles. The van der Waals surface area contributed by atoms with Crippen molar-refractivity contribution < 1.29 is 14.3 Å². The molecule has 2 aromatic heterocycles. The van der Waals surface area contributed by atoms with Gasteiger partial charge in [0, 0.05) is 49.0 Å². The van der Waals surface area contributed by atoms with Crippen LogP contribution in [0, 0.1) is 6.92 Å². The molecule has 0 aliphatic heterocycles. The van der Waals surface area contributed by atoms with Crippen LogP contribution in [0.25, 0.3) is 11.0 Å². The zero-order chi connectivity index (χ0) is 22.0. The van der Waals surface area contributed by atoms with Gasteiger partial charge in [0.05, 0.1) is 12.2 Å². The molecule has 1 amide bonds. The summed E-state index contributed by atoms with van der Waals surface area (Å²) in [5, 5.41) is 13.2. The highest BCUT2D eigenvalue weighted by molar-refractivity contribution is 5.97. The van der Waals surface area contributed by atoms with Gasteiger partial charge in [0.15, 0.2) is 5.75 Å². The van der Waals surface area contributed by atoms with Crippen molar-refractivity contribution in [3.05, 3.63) is 67.9 Å². The number of hydrogen-bond donors (Lipinski definition) is 2. The highest BCUT2D eigenvalue weighted by Gasteiger charge is 2.17. The SMILES string of the molecule is CCN(CC)c1ccc2cc(C(=O)NCc3c(O)c(=O)cc(C)n3C)c(=O)oc2c1. The molecular formula is C22H25N3O5. The molecule has 8 nitrogen and oxygen atoms in total. The largest absolute Gasteiger partial charge is 0.503 e. The normalized spacial score (nSPS) is 10.9. The highest BCUT2D eigenvalue weighted by atomic mass is 16.4. The zero-order valence-corrected chi connectivity index (χ0v) is 17.5. The number of carbonyl (C=O) groups excluding carboxylic acids is 1. The Morgan fingerprint density at radius 3 is 2.53 bits per heavy atom. The van der Waals surface area contributed by atoms with Crippen molar-refractivity contribution in [3.8, 4) is 5.75 Å². The Kier molecular flexibility index (Phi) is 5.96. The Hall–Kier alpha value is -3.55. The molecule has 0 saturated heterocycles. The lowest BCUT2D eigenvalue weighted by molar-refractivity contribution is 0.0946. The summed E-state index contributed by atoms with van der Waals surface area (Å²) >= 11 is 0. The number of aromatic nitrogens is 1. The van der Waals surface area contributed by atoms with Crippen LogP contribution in [-0.4, -0.2) is 28.7 Å². The van der Waals surface area contributed by atoms with Crippen LogP contribution in [-0.2, 0) is 13.6 Å². The zero-order valence-electron chi connectivity index (χ0n) is 17.5. The van der Waals surface area contributed by atoms with Gasteiger partial charge < -0.3 is 24.3 Å². The van der Waals surface area contributed by atoms with Crippen LogP contribution in [0.1, 0.15) is 35.6 Å². The second-order valence-electron chi connectivity index (χ2n) is 7.03. The minimum absolute atomic E-state index is 0.115. The maximum Gasteiger partial charge on any atom is 0.349 e. The Morgan fingerprint density at radius 2 is 1.87 bits per heavy atom. The fourth-order valence-corrected chi connectivity index (χ4v) is 3.37. The second-order valence-corrected chi connectivity index (χ2v) is 7.03. The van der Waals surface area contributed by atoms with Gasteiger partial charge in [-0.05, 0) is 39.0 Å². The van der Waals surface area contributed by atoms with Crippen LogP contribution in [0.3, 0.4) is 0 Å². The molecule has 1 aromatic carbocycles. The molecule has 30 heavy (non-hydrogen) atoms. The number of benzene rings is 1. The van der Waals surface area contributed by atoms with Gasteiger partial charge >= 0.3 is 5.63 Å². The van der Waals surface area contributed by atoms with E-state index in [-0.39, 0.29) is 17.8 Å². The summed E-state index contributed by atoms with van der Waals surface area (Å²) in [5.74, 6) is -1.08. The summed E-state index contributed by atoms with van der Waals surface area (Å²) in [7, 11) is 1.67. The molecule has 0 fully saturated rings. The van der Waals surface area contributed by atoms with Crippen LogP contribution in [0.4, 0.5) is 5.69 Å². The number of aromatic hydroxyl groups is 1. The standard InChI is InChI=1S/C22H25N3O5/c1-5-25(6-2)15-8-7-14-10-16(22(29)30-19(14)11-15)21(28)23-12-17-20(27)18(26)9-13(3)24(17)4/h7-11,27H,5-6,12H2,1-4H3,(H,23,28). The third-order valence-electron chi connectivity index (χ3n) is 5.29. The molecule has 0 atom stereocenters. The molecule has 2 heterocycles. The third kappa shape index (κ3) is 3.94. The van der Waals surface area contributed by atoms with Crippen LogP contribution in [0.5, 0.6) is 5.75 Å². The number of fused-ring (bicyclic) bond motifs is 1. The number of nitrogens with one attached hydrogen (secondary N) is 1. The van der Waals surface area contributed by atoms with E-state index in [0.29, 0.717) is 16.7 Å². The topological polar surface area (TPSA) is 105 Å². The second kappa shape index (κ2) is 8.44. The monoisotopic (exact) mass is 411 g/mol. The molecular weight excluding hydrogens is 386 g/mol. The first-order valence-electron chi connectivity index (χ1n) is 9.76. The van der Waals surface area contributed by atoms with Crippen molar-refractivity contribution in [2.75, 3.05) is 18.0 Å². The summed E-state index contributed by atoms with van der Waals surface area (Å²) in [6, 6.07) is 8.30. The van der Waals surface area contributed by atoms with Crippen molar-refractivity contribution >= 4 is 22.6 Å². The lowest BCUT2D eigenvalue weighted by Crippen LogP contribution is -2.30. The van der Waals surface area contributed by atoms with Gasteiger partial charge in [0.2, 0.25) is 5.43 Å². The van der Waals surface area contributed by atoms with Gasteiger partial charge in [-0.25, -0.2) is 4.79 Å². The van der Waals surface area contributed by atoms with Crippen LogP contribution >= 0.6 is 0 Å². The van der Waals surface area contributed by atoms with E-state index in [1.54, 1.807) is 30.7 Å². The number of hydrogen-bond acceptors (Lipinski definition) is 6. The number of nitrogens with zero attached hydrogens (tertiary/aromatic N) is 2. The number of amides is 1. The average molecular weight is 411 g/mol. The third-order valence-corrected chi connectivity index (χ3v) is 5.29. The maximum absolute atomic E-state index is 12.6. The van der Waals surface area contributed by atoms with Crippen LogP contribution in [0.2, 0.25) is 0 Å². The van der Waals surface area contributed by atoms with E-state index in [0.717, 1.165) is 18.8 Å². The fourth-order valence-electron chi connectivity index (χ4n) is 3.37. The van der Waals surface area contributed by atoms with Gasteiger partial charge in [-0.3, -0.25) is 9.59 Å². The molecule has 3 aromatic rings. The lowest BCUT2D eigenvalue weighted by atomic mass is 10.1. The van der Waals surface area contributed by atoms with Gasteiger partial charge in [0.1, 0.15) is 11.1 Å². The van der Waals surface area contributed by atoms with Gasteiger partial charge in [0.25, 0.3) is 5.91 Å². The first-order valence-corrected chi connectivity index (χ1v) is 9.76. The number of rotatable bonds is 6. The van der Waals surface area contributed by atoms with E-state index >= 15 is 0 Å². The molecule has 0 radical (unpaired) electrons. The Bertz CT molecular complexity index is 1220. The quantitative estimate of drug-likeness (QED) is 0.603. The van der Waals surface area contributed by atoms with Crippen molar-refractivity contribution in [1.29, 1.82) is 0 Å². The smallest absolute Gasteiger partial charge is 0.349 e. The Balaban J connectivity index is 1.89. The maximum atomic E-state index is 12.6. The summed E-state index contributed by atoms with van der Waals surface area (Å²) in [5.41, 5.74) is 0.806. The number of anilines is 1. The predicted octanol–water partition coefficient (Wildman–Crippen LogP) is 2.28. The predicted molar refractivity (Wildman–Crippen MR) is 115 cm³/mol. The summed E-state index contributed by atoms with van der Waals surface area (Å²) in [6.07, 6.45) is 0. The summed E-state index contributed by atoms with van der Waals surface area (Å²) in [4.78, 5) is 38.9. The molecule has 0 saturated carbocycles. The summed E-state index contributed by atoms with van der Waals surface area (Å²) < 4.78 is 6.99. The first-order chi connectivity index (χ1) is 14.3. The minimum Gasteiger partial charge on any atom is -0.503 e. The van der Waals surface area contributed by atoms with Gasteiger partial charge in [-0.1, -0.05) is 0 Å². The fraction of sp³-hybridized carbons (Fsp3) is 0.318. The van der Waals surface area contributed by atoms with Crippen molar-refractivity contribution in [3.63, 3.8) is 0 Å². The average Bonchev–Trinajstić information content (AvgIpc) is 2.72. The van der Waals surface area contributed by atoms with Gasteiger partial charge in [-0.2, -0.15) is 0 Å². The van der Waals surface area contributed by atoms with E-state index < -0.39 is 22.7 Å². The molecule has 0 spiro atoms. The Labute approximate surface area is 173 Å². The molecule has 2 N–H and O–H groups in total. The van der Waals surface area contributed by atoms with E-state index in [2.05, 4.69) is 10.2 Å². The van der Waals surface area contributed by atoms with E-state index in [1.165, 1.54) is 12.1 Å². The molecule has 158 valence electrons. The molecule has 0 aliphatic rings. The number of carbonyl (C=O) groups is 1. The lowest BCUT2D eigenvalue weighted by Gasteiger charge is -2.21. The first kappa shape index (κ1) is 21.2. The van der Waals surface area contributed by atoms with Crippen molar-refractivity contribution in [1.82, 2.24) is 9.88 Å². The van der Waals surface area contributed by atoms with Crippen molar-refractivity contribution in [2.45, 2.75) is 27.3 Å². The Morgan fingerprint density at radius 1 is 1.17 bits per heavy atom. The van der Waals surface area contributed by atoms with E-state index in [1.807, 2.05) is 19.9 Å². The summed E-state index contributed by atoms with van der Waals surface area (Å²) in [6.45, 7) is 7.33. The minimum atomic E-state index is -0.751. The van der Waals surface area contributed by atoms with Crippen molar-refractivity contribution in [2.24, 2.45) is 7.05 Å². The highest BCUT2D eigenvalue weighted by Crippen LogP contribution is 2.22. The number of aryl methyl sites for hydroxylation is 1. The van der Waals surface area contributed by atoms with E-state index in [9.17, 15) is 19.5 Å². The molecule has 0 unspecified atom stereocenters. The van der Waals surface area contributed by atoms with Gasteiger partial charge in [-0.15, -0.1) is 0 Å². The van der Waals surface area contributed by atoms with Crippen LogP contribution < -0.4 is 21.3 Å². The molecule has 0 bridgehead atoms.